The number of rotatable bonds is 3. The van der Waals surface area contributed by atoms with E-state index in [0.29, 0.717) is 40.5 Å². The maximum absolute atomic E-state index is 14.2. The highest BCUT2D eigenvalue weighted by molar-refractivity contribution is 7.16. The van der Waals surface area contributed by atoms with Crippen LogP contribution in [0.1, 0.15) is 32.6 Å². The second-order valence-electron chi connectivity index (χ2n) is 8.62. The van der Waals surface area contributed by atoms with E-state index in [1.165, 1.54) is 43.1 Å². The molecule has 2 bridgehead atoms. The number of nitrogens with zero attached hydrogens (tertiary/aromatic N) is 3. The third-order valence-corrected chi connectivity index (χ3v) is 7.80. The average molecular weight is 426 g/mol. The summed E-state index contributed by atoms with van der Waals surface area (Å²) in [5, 5.41) is 4.14. The lowest BCUT2D eigenvalue weighted by Crippen LogP contribution is -2.47. The highest BCUT2D eigenvalue weighted by atomic mass is 32.1. The van der Waals surface area contributed by atoms with Crippen LogP contribution in [0.2, 0.25) is 0 Å². The standard InChI is InChI=1S/C22H21F2N5S/c1-10-11-2-4-12(5-3-11)17(10)27-21-19-22(30-9-26-19)29-20(28-21)15-8-25-18-14(15)6-13(23)7-16(18)24/h6-12,17,25H,2-5H2,1H3,(H,27,28,29). The summed E-state index contributed by atoms with van der Waals surface area (Å²) in [7, 11) is 0. The molecular formula is C22H21F2N5S. The van der Waals surface area contributed by atoms with E-state index in [1.807, 2.05) is 0 Å². The van der Waals surface area contributed by atoms with Gasteiger partial charge in [-0.15, -0.1) is 11.3 Å². The molecule has 0 aliphatic heterocycles. The zero-order valence-electron chi connectivity index (χ0n) is 16.5. The number of nitrogens with one attached hydrogen (secondary N) is 2. The summed E-state index contributed by atoms with van der Waals surface area (Å²) in [6.45, 7) is 2.33. The van der Waals surface area contributed by atoms with Gasteiger partial charge in [0.15, 0.2) is 11.6 Å². The first-order valence-corrected chi connectivity index (χ1v) is 11.3. The van der Waals surface area contributed by atoms with E-state index in [1.54, 1.807) is 11.7 Å². The van der Waals surface area contributed by atoms with Crippen molar-refractivity contribution in [3.63, 3.8) is 0 Å². The van der Waals surface area contributed by atoms with Crippen LogP contribution < -0.4 is 5.32 Å². The van der Waals surface area contributed by atoms with Crippen molar-refractivity contribution < 1.29 is 8.78 Å². The van der Waals surface area contributed by atoms with Crippen LogP contribution in [-0.2, 0) is 0 Å². The molecule has 5 nitrogen and oxygen atoms in total. The molecule has 7 rings (SSSR count). The van der Waals surface area contributed by atoms with Gasteiger partial charge in [-0.2, -0.15) is 0 Å². The second kappa shape index (κ2) is 6.70. The Morgan fingerprint density at radius 1 is 1.10 bits per heavy atom. The summed E-state index contributed by atoms with van der Waals surface area (Å²) < 4.78 is 28.0. The fourth-order valence-electron chi connectivity index (χ4n) is 5.48. The first kappa shape index (κ1) is 18.2. The lowest BCUT2D eigenvalue weighted by Gasteiger charge is -2.47. The fourth-order valence-corrected chi connectivity index (χ4v) is 6.14. The zero-order valence-corrected chi connectivity index (χ0v) is 17.3. The van der Waals surface area contributed by atoms with E-state index < -0.39 is 11.6 Å². The van der Waals surface area contributed by atoms with Crippen LogP contribution in [0.15, 0.2) is 23.8 Å². The molecule has 0 saturated heterocycles. The predicted octanol–water partition coefficient (Wildman–Crippen LogP) is 5.75. The van der Waals surface area contributed by atoms with Crippen molar-refractivity contribution in [2.45, 2.75) is 38.6 Å². The molecule has 1 aromatic carbocycles. The third-order valence-electron chi connectivity index (χ3n) is 7.08. The number of halogens is 2. The molecule has 154 valence electrons. The number of fused-ring (bicyclic) bond motifs is 5. The SMILES string of the molecule is CC1C2CCC(CC2)C1Nc1nc(-c2c[nH]c3c(F)cc(F)cc23)nc2scnc12. The Kier molecular flexibility index (Phi) is 4.06. The van der Waals surface area contributed by atoms with E-state index in [4.69, 9.17) is 4.98 Å². The van der Waals surface area contributed by atoms with Crippen LogP contribution in [0.4, 0.5) is 14.6 Å². The number of anilines is 1. The van der Waals surface area contributed by atoms with Crippen molar-refractivity contribution in [1.29, 1.82) is 0 Å². The minimum absolute atomic E-state index is 0.257. The quantitative estimate of drug-likeness (QED) is 0.439. The van der Waals surface area contributed by atoms with Gasteiger partial charge in [0.05, 0.1) is 11.0 Å². The van der Waals surface area contributed by atoms with Gasteiger partial charge in [0, 0.05) is 29.3 Å². The zero-order chi connectivity index (χ0) is 20.4. The largest absolute Gasteiger partial charge is 0.365 e. The van der Waals surface area contributed by atoms with Gasteiger partial charge < -0.3 is 10.3 Å². The molecule has 2 N–H and O–H groups in total. The van der Waals surface area contributed by atoms with Crippen LogP contribution in [0.25, 0.3) is 32.6 Å². The summed E-state index contributed by atoms with van der Waals surface area (Å²) in [4.78, 5) is 17.6. The molecule has 8 heteroatoms. The molecule has 0 radical (unpaired) electrons. The number of H-pyrrole nitrogens is 1. The molecule has 3 fully saturated rings. The van der Waals surface area contributed by atoms with Gasteiger partial charge >= 0.3 is 0 Å². The Labute approximate surface area is 176 Å². The van der Waals surface area contributed by atoms with E-state index >= 15 is 0 Å². The van der Waals surface area contributed by atoms with Crippen LogP contribution in [-0.4, -0.2) is 26.0 Å². The maximum Gasteiger partial charge on any atom is 0.165 e. The predicted molar refractivity (Wildman–Crippen MR) is 114 cm³/mol. The summed E-state index contributed by atoms with van der Waals surface area (Å²) >= 11 is 1.44. The van der Waals surface area contributed by atoms with Crippen LogP contribution in [0, 0.1) is 29.4 Å². The first-order valence-electron chi connectivity index (χ1n) is 10.4. The minimum atomic E-state index is -0.625. The summed E-state index contributed by atoms with van der Waals surface area (Å²) in [5.41, 5.74) is 3.36. The number of hydrogen-bond acceptors (Lipinski definition) is 5. The number of aromatic nitrogens is 4. The van der Waals surface area contributed by atoms with E-state index in [2.05, 4.69) is 27.2 Å². The lowest BCUT2D eigenvalue weighted by molar-refractivity contribution is 0.0928. The van der Waals surface area contributed by atoms with Gasteiger partial charge in [-0.3, -0.25) is 0 Å². The van der Waals surface area contributed by atoms with Crippen molar-refractivity contribution in [2.24, 2.45) is 17.8 Å². The van der Waals surface area contributed by atoms with E-state index in [-0.39, 0.29) is 5.52 Å². The van der Waals surface area contributed by atoms with Gasteiger partial charge in [0.1, 0.15) is 22.0 Å². The van der Waals surface area contributed by atoms with Gasteiger partial charge in [-0.25, -0.2) is 23.7 Å². The molecule has 3 aliphatic rings. The molecule has 2 atom stereocenters. The molecule has 2 unspecified atom stereocenters. The van der Waals surface area contributed by atoms with Crippen LogP contribution in [0.5, 0.6) is 0 Å². The maximum atomic E-state index is 14.2. The smallest absolute Gasteiger partial charge is 0.165 e. The Morgan fingerprint density at radius 3 is 2.70 bits per heavy atom. The topological polar surface area (TPSA) is 66.5 Å². The molecule has 30 heavy (non-hydrogen) atoms. The summed E-state index contributed by atoms with van der Waals surface area (Å²) in [6, 6.07) is 2.56. The third kappa shape index (κ3) is 2.73. The lowest BCUT2D eigenvalue weighted by atomic mass is 9.62. The van der Waals surface area contributed by atoms with Crippen molar-refractivity contribution in [2.75, 3.05) is 5.32 Å². The number of hydrogen-bond donors (Lipinski definition) is 2. The van der Waals surface area contributed by atoms with Crippen molar-refractivity contribution in [3.05, 3.63) is 35.5 Å². The Morgan fingerprint density at radius 2 is 1.90 bits per heavy atom. The van der Waals surface area contributed by atoms with Crippen molar-refractivity contribution in [3.8, 4) is 11.4 Å². The van der Waals surface area contributed by atoms with E-state index in [0.717, 1.165) is 22.3 Å². The Hall–Kier alpha value is -2.61. The van der Waals surface area contributed by atoms with Gasteiger partial charge in [0.25, 0.3) is 0 Å². The summed E-state index contributed by atoms with van der Waals surface area (Å²) in [6.07, 6.45) is 6.79. The van der Waals surface area contributed by atoms with Crippen LogP contribution in [0.3, 0.4) is 0 Å². The normalized spacial score (nSPS) is 26.0. The molecule has 3 saturated carbocycles. The fraction of sp³-hybridized carbons (Fsp3) is 0.409. The number of benzene rings is 1. The monoisotopic (exact) mass is 425 g/mol. The molecular weight excluding hydrogens is 404 g/mol. The first-order chi connectivity index (χ1) is 14.6. The van der Waals surface area contributed by atoms with Crippen molar-refractivity contribution >= 4 is 38.4 Å². The highest BCUT2D eigenvalue weighted by Crippen LogP contribution is 2.46. The van der Waals surface area contributed by atoms with Gasteiger partial charge in [0.2, 0.25) is 0 Å². The molecule has 0 spiro atoms. The molecule has 3 aliphatic carbocycles. The molecule has 4 aromatic rings. The van der Waals surface area contributed by atoms with Gasteiger partial charge in [-0.1, -0.05) is 6.92 Å². The number of aromatic amines is 1. The van der Waals surface area contributed by atoms with Crippen molar-refractivity contribution in [1.82, 2.24) is 19.9 Å². The van der Waals surface area contributed by atoms with Gasteiger partial charge in [-0.05, 0) is 49.5 Å². The van der Waals surface area contributed by atoms with E-state index in [9.17, 15) is 8.78 Å². The average Bonchev–Trinajstić information content (AvgIpc) is 3.38. The molecule has 3 aromatic heterocycles. The Balaban J connectivity index is 1.46. The highest BCUT2D eigenvalue weighted by Gasteiger charge is 2.41. The molecule has 3 heterocycles. The second-order valence-corrected chi connectivity index (χ2v) is 9.45. The molecule has 0 amide bonds. The minimum Gasteiger partial charge on any atom is -0.365 e. The number of thiazole rings is 1. The Bertz CT molecular complexity index is 1260. The van der Waals surface area contributed by atoms with Crippen LogP contribution >= 0.6 is 11.3 Å². The summed E-state index contributed by atoms with van der Waals surface area (Å²) in [5.74, 6) is 1.91.